The van der Waals surface area contributed by atoms with Crippen molar-refractivity contribution in [3.8, 4) is 0 Å². The van der Waals surface area contributed by atoms with E-state index in [0.29, 0.717) is 0 Å². The number of amides is 1. The van der Waals surface area contributed by atoms with Crippen molar-refractivity contribution in [3.63, 3.8) is 0 Å². The van der Waals surface area contributed by atoms with Gasteiger partial charge in [0.05, 0.1) is 0 Å². The van der Waals surface area contributed by atoms with Gasteiger partial charge in [-0.1, -0.05) is 0 Å². The zero-order valence-corrected chi connectivity index (χ0v) is 5.92. The zero-order chi connectivity index (χ0) is 8.06. The first kappa shape index (κ1) is 6.45. The number of carbonyl (C=O) groups excluding carboxylic acids is 2. The Morgan fingerprint density at radius 2 is 2.36 bits per heavy atom. The second-order valence-electron chi connectivity index (χ2n) is 2.82. The van der Waals surface area contributed by atoms with Gasteiger partial charge in [0.1, 0.15) is 6.61 Å². The number of hydrogen-bond acceptors (Lipinski definition) is 4. The topological polar surface area (TPSA) is 64.6 Å². The fraction of sp³-hybridized carbons (Fsp3) is 0.667. The Hall–Kier alpha value is -1.26. The van der Waals surface area contributed by atoms with Crippen LogP contribution in [0.2, 0.25) is 0 Å². The van der Waals surface area contributed by atoms with Crippen LogP contribution in [0.3, 0.4) is 0 Å². The highest BCUT2D eigenvalue weighted by Gasteiger charge is 2.57. The van der Waals surface area contributed by atoms with Gasteiger partial charge in [0.15, 0.2) is 11.6 Å². The molecule has 2 rings (SSSR count). The summed E-state index contributed by atoms with van der Waals surface area (Å²) in [5, 5.41) is 2.41. The standard InChI is InChI=1S/C6H7NO4/c1-6-3(2-10-4(6)8)11-5(9)7-6/h3H,2H2,1H3,(H,7,9)/t3-,6-/m0/s1. The Bertz CT molecular complexity index is 239. The van der Waals surface area contributed by atoms with Gasteiger partial charge in [-0.2, -0.15) is 0 Å². The Morgan fingerprint density at radius 3 is 3.00 bits per heavy atom. The summed E-state index contributed by atoms with van der Waals surface area (Å²) in [6.45, 7) is 1.76. The zero-order valence-electron chi connectivity index (χ0n) is 5.92. The lowest BCUT2D eigenvalue weighted by molar-refractivity contribution is -0.142. The first-order chi connectivity index (χ1) is 5.13. The molecule has 2 atom stereocenters. The number of nitrogens with one attached hydrogen (secondary N) is 1. The van der Waals surface area contributed by atoms with Gasteiger partial charge in [-0.15, -0.1) is 0 Å². The maximum absolute atomic E-state index is 11.0. The maximum Gasteiger partial charge on any atom is 0.408 e. The van der Waals surface area contributed by atoms with Gasteiger partial charge in [0, 0.05) is 0 Å². The van der Waals surface area contributed by atoms with Gasteiger partial charge >= 0.3 is 12.1 Å². The SMILES string of the molecule is C[C@]12NC(=O)O[C@H]1COC2=O. The minimum atomic E-state index is -0.947. The molecular weight excluding hydrogens is 150 g/mol. The normalized spacial score (nSPS) is 41.0. The summed E-state index contributed by atoms with van der Waals surface area (Å²) in [4.78, 5) is 21.7. The van der Waals surface area contributed by atoms with Crippen molar-refractivity contribution in [2.45, 2.75) is 18.6 Å². The highest BCUT2D eigenvalue weighted by Crippen LogP contribution is 2.27. The monoisotopic (exact) mass is 157 g/mol. The highest BCUT2D eigenvalue weighted by molar-refractivity contribution is 5.90. The second kappa shape index (κ2) is 1.66. The van der Waals surface area contributed by atoms with E-state index in [-0.39, 0.29) is 6.61 Å². The smallest absolute Gasteiger partial charge is 0.408 e. The molecule has 0 bridgehead atoms. The molecule has 5 heteroatoms. The van der Waals surface area contributed by atoms with E-state index in [0.717, 1.165) is 0 Å². The molecular formula is C6H7NO4. The minimum Gasteiger partial charge on any atom is -0.460 e. The Kier molecular flexibility index (Phi) is 0.976. The van der Waals surface area contributed by atoms with Crippen LogP contribution in [0.1, 0.15) is 6.92 Å². The number of hydrogen-bond donors (Lipinski definition) is 1. The van der Waals surface area contributed by atoms with E-state index in [1.54, 1.807) is 6.92 Å². The number of esters is 1. The van der Waals surface area contributed by atoms with Gasteiger partial charge in [0.25, 0.3) is 0 Å². The molecule has 2 heterocycles. The molecule has 0 radical (unpaired) electrons. The van der Waals surface area contributed by atoms with Crippen LogP contribution < -0.4 is 5.32 Å². The van der Waals surface area contributed by atoms with Crippen molar-refractivity contribution < 1.29 is 19.1 Å². The van der Waals surface area contributed by atoms with Crippen LogP contribution in [0.25, 0.3) is 0 Å². The molecule has 0 aromatic carbocycles. The fourth-order valence-electron chi connectivity index (χ4n) is 1.25. The largest absolute Gasteiger partial charge is 0.460 e. The van der Waals surface area contributed by atoms with Crippen molar-refractivity contribution in [2.24, 2.45) is 0 Å². The number of cyclic esters (lactones) is 1. The van der Waals surface area contributed by atoms with Crippen molar-refractivity contribution in [1.82, 2.24) is 5.32 Å². The third kappa shape index (κ3) is 0.649. The summed E-state index contributed by atoms with van der Waals surface area (Å²) in [6.07, 6.45) is -1.00. The molecule has 1 amide bonds. The average Bonchev–Trinajstić information content (AvgIpc) is 2.32. The second-order valence-corrected chi connectivity index (χ2v) is 2.82. The number of fused-ring (bicyclic) bond motifs is 1. The predicted molar refractivity (Wildman–Crippen MR) is 32.8 cm³/mol. The molecule has 2 saturated heterocycles. The summed E-state index contributed by atoms with van der Waals surface area (Å²) in [7, 11) is 0. The van der Waals surface area contributed by atoms with Crippen LogP contribution in [-0.4, -0.2) is 30.3 Å². The Labute approximate surface area is 62.7 Å². The van der Waals surface area contributed by atoms with E-state index in [9.17, 15) is 9.59 Å². The first-order valence-electron chi connectivity index (χ1n) is 3.29. The maximum atomic E-state index is 11.0. The third-order valence-electron chi connectivity index (χ3n) is 2.04. The first-order valence-corrected chi connectivity index (χ1v) is 3.29. The molecule has 5 nitrogen and oxygen atoms in total. The molecule has 2 aliphatic heterocycles. The van der Waals surface area contributed by atoms with E-state index in [1.807, 2.05) is 0 Å². The molecule has 0 aromatic heterocycles. The van der Waals surface area contributed by atoms with E-state index in [2.05, 4.69) is 5.32 Å². The molecule has 0 aliphatic carbocycles. The van der Waals surface area contributed by atoms with Crippen molar-refractivity contribution >= 4 is 12.1 Å². The number of carbonyl (C=O) groups is 2. The van der Waals surface area contributed by atoms with Crippen LogP contribution in [-0.2, 0) is 14.3 Å². The molecule has 0 spiro atoms. The van der Waals surface area contributed by atoms with Crippen LogP contribution in [0.5, 0.6) is 0 Å². The van der Waals surface area contributed by atoms with Crippen molar-refractivity contribution in [2.75, 3.05) is 6.61 Å². The van der Waals surface area contributed by atoms with Crippen LogP contribution in [0, 0.1) is 0 Å². The lowest BCUT2D eigenvalue weighted by atomic mass is 10.00. The summed E-state index contributed by atoms with van der Waals surface area (Å²) in [6, 6.07) is 0. The van der Waals surface area contributed by atoms with Gasteiger partial charge in [-0.3, -0.25) is 0 Å². The summed E-state index contributed by atoms with van der Waals surface area (Å²) >= 11 is 0. The Balaban J connectivity index is 2.33. The van der Waals surface area contributed by atoms with E-state index < -0.39 is 23.7 Å². The summed E-state index contributed by atoms with van der Waals surface area (Å²) in [5.41, 5.74) is -0.947. The quantitative estimate of drug-likeness (QED) is 0.477. The molecule has 0 saturated carbocycles. The summed E-state index contributed by atoms with van der Waals surface area (Å²) < 4.78 is 9.46. The van der Waals surface area contributed by atoms with Crippen LogP contribution in [0.15, 0.2) is 0 Å². The number of ether oxygens (including phenoxy) is 2. The van der Waals surface area contributed by atoms with Gasteiger partial charge in [-0.25, -0.2) is 9.59 Å². The molecule has 0 aromatic rings. The van der Waals surface area contributed by atoms with Gasteiger partial charge in [0.2, 0.25) is 0 Å². The van der Waals surface area contributed by atoms with Crippen molar-refractivity contribution in [3.05, 3.63) is 0 Å². The Morgan fingerprint density at radius 1 is 1.64 bits per heavy atom. The minimum absolute atomic E-state index is 0.161. The third-order valence-corrected chi connectivity index (χ3v) is 2.04. The van der Waals surface area contributed by atoms with Crippen LogP contribution in [0.4, 0.5) is 4.79 Å². The lowest BCUT2D eigenvalue weighted by Crippen LogP contribution is -2.48. The molecule has 0 unspecified atom stereocenters. The average molecular weight is 157 g/mol. The molecule has 60 valence electrons. The molecule has 11 heavy (non-hydrogen) atoms. The van der Waals surface area contributed by atoms with Gasteiger partial charge in [-0.05, 0) is 6.92 Å². The van der Waals surface area contributed by atoms with Crippen LogP contribution >= 0.6 is 0 Å². The molecule has 2 aliphatic rings. The molecule has 1 N–H and O–H groups in total. The van der Waals surface area contributed by atoms with E-state index >= 15 is 0 Å². The van der Waals surface area contributed by atoms with Crippen molar-refractivity contribution in [1.29, 1.82) is 0 Å². The predicted octanol–water partition coefficient (Wildman–Crippen LogP) is -0.590. The fourth-order valence-corrected chi connectivity index (χ4v) is 1.25. The van der Waals surface area contributed by atoms with Gasteiger partial charge < -0.3 is 14.8 Å². The van der Waals surface area contributed by atoms with E-state index in [4.69, 9.17) is 9.47 Å². The lowest BCUT2D eigenvalue weighted by Gasteiger charge is -2.13. The van der Waals surface area contributed by atoms with E-state index in [1.165, 1.54) is 0 Å². The summed E-state index contributed by atoms with van der Waals surface area (Å²) in [5.74, 6) is -0.423. The highest BCUT2D eigenvalue weighted by atomic mass is 16.6. The number of alkyl carbamates (subject to hydrolysis) is 1. The number of rotatable bonds is 0. The molecule has 2 fully saturated rings.